The minimum absolute atomic E-state index is 0.0104. The number of hydrogen-bond donors (Lipinski definition) is 1. The number of carbonyl (C=O) groups excluding carboxylic acids is 2. The maximum Gasteiger partial charge on any atom is 0.243 e. The molecule has 21 heavy (non-hydrogen) atoms. The van der Waals surface area contributed by atoms with E-state index in [1.165, 1.54) is 17.0 Å². The van der Waals surface area contributed by atoms with Gasteiger partial charge >= 0.3 is 0 Å². The summed E-state index contributed by atoms with van der Waals surface area (Å²) in [5, 5.41) is 2.64. The summed E-state index contributed by atoms with van der Waals surface area (Å²) in [6, 6.07) is 3.91. The van der Waals surface area contributed by atoms with Crippen molar-refractivity contribution < 1.29 is 14.0 Å². The molecule has 2 amide bonds. The molecule has 1 unspecified atom stereocenters. The summed E-state index contributed by atoms with van der Waals surface area (Å²) < 4.78 is 13.5. The third kappa shape index (κ3) is 3.73. The number of nitrogens with one attached hydrogen (secondary N) is 1. The molecule has 1 aromatic rings. The van der Waals surface area contributed by atoms with Crippen LogP contribution in [0.3, 0.4) is 0 Å². The van der Waals surface area contributed by atoms with Gasteiger partial charge in [-0.25, -0.2) is 4.39 Å². The predicted octanol–water partition coefficient (Wildman–Crippen LogP) is 2.35. The molecule has 1 aliphatic rings. The molecule has 114 valence electrons. The van der Waals surface area contributed by atoms with Crippen LogP contribution in [0.4, 0.5) is 4.39 Å². The fourth-order valence-electron chi connectivity index (χ4n) is 2.41. The summed E-state index contributed by atoms with van der Waals surface area (Å²) in [6.07, 6.45) is 0.577. The van der Waals surface area contributed by atoms with Crippen LogP contribution in [0.25, 0.3) is 0 Å². The monoisotopic (exact) mass is 312 g/mol. The molecule has 1 fully saturated rings. The highest BCUT2D eigenvalue weighted by molar-refractivity contribution is 6.30. The molecule has 1 heterocycles. The average molecular weight is 313 g/mol. The normalized spacial score (nSPS) is 19.1. The zero-order valence-electron chi connectivity index (χ0n) is 12.0. The lowest BCUT2D eigenvalue weighted by Crippen LogP contribution is -2.58. The van der Waals surface area contributed by atoms with E-state index in [4.69, 9.17) is 11.6 Å². The van der Waals surface area contributed by atoms with Gasteiger partial charge in [0.2, 0.25) is 11.8 Å². The lowest BCUT2D eigenvalue weighted by Gasteiger charge is -2.36. The Morgan fingerprint density at radius 3 is 2.76 bits per heavy atom. The zero-order valence-corrected chi connectivity index (χ0v) is 12.8. The molecule has 1 saturated heterocycles. The van der Waals surface area contributed by atoms with Crippen LogP contribution in [0.2, 0.25) is 5.02 Å². The molecule has 4 nitrogen and oxygen atoms in total. The van der Waals surface area contributed by atoms with Gasteiger partial charge in [-0.05, 0) is 30.0 Å². The van der Waals surface area contributed by atoms with Gasteiger partial charge < -0.3 is 10.2 Å². The third-order valence-corrected chi connectivity index (χ3v) is 3.75. The van der Waals surface area contributed by atoms with Crippen molar-refractivity contribution in [2.24, 2.45) is 5.92 Å². The lowest BCUT2D eigenvalue weighted by atomic mass is 9.99. The van der Waals surface area contributed by atoms with E-state index in [0.29, 0.717) is 12.0 Å². The topological polar surface area (TPSA) is 49.4 Å². The van der Waals surface area contributed by atoms with Crippen molar-refractivity contribution in [2.45, 2.75) is 32.9 Å². The summed E-state index contributed by atoms with van der Waals surface area (Å²) in [5.41, 5.74) is 0.619. The number of rotatable bonds is 4. The molecule has 1 atom stereocenters. The second kappa shape index (κ2) is 6.43. The van der Waals surface area contributed by atoms with Gasteiger partial charge in [0.1, 0.15) is 11.9 Å². The zero-order chi connectivity index (χ0) is 15.6. The number of halogens is 2. The third-order valence-electron chi connectivity index (χ3n) is 3.44. The molecule has 1 N–H and O–H groups in total. The van der Waals surface area contributed by atoms with Gasteiger partial charge in [0.25, 0.3) is 0 Å². The number of amides is 2. The molecule has 2 rings (SSSR count). The first-order valence-corrected chi connectivity index (χ1v) is 7.27. The van der Waals surface area contributed by atoms with Crippen LogP contribution in [0.1, 0.15) is 25.8 Å². The molecule has 0 saturated carbocycles. The van der Waals surface area contributed by atoms with E-state index in [9.17, 15) is 14.0 Å². The van der Waals surface area contributed by atoms with Crippen molar-refractivity contribution in [3.63, 3.8) is 0 Å². The molecule has 0 aromatic heterocycles. The Morgan fingerprint density at radius 2 is 2.14 bits per heavy atom. The van der Waals surface area contributed by atoms with E-state index in [2.05, 4.69) is 5.32 Å². The Labute approximate surface area is 128 Å². The highest BCUT2D eigenvalue weighted by Crippen LogP contribution is 2.21. The predicted molar refractivity (Wildman–Crippen MR) is 78.2 cm³/mol. The number of nitrogens with zero attached hydrogens (tertiary/aromatic N) is 1. The van der Waals surface area contributed by atoms with Crippen molar-refractivity contribution in [3.05, 3.63) is 34.6 Å². The maximum absolute atomic E-state index is 13.5. The Hall–Kier alpha value is -1.62. The fraction of sp³-hybridized carbons (Fsp3) is 0.467. The Morgan fingerprint density at radius 1 is 1.43 bits per heavy atom. The molecule has 0 radical (unpaired) electrons. The molecular weight excluding hydrogens is 295 g/mol. The fourth-order valence-corrected chi connectivity index (χ4v) is 2.53. The molecular formula is C15H18ClFN2O2. The van der Waals surface area contributed by atoms with Crippen LogP contribution >= 0.6 is 11.6 Å². The number of piperazine rings is 1. The second-order valence-corrected chi connectivity index (χ2v) is 6.04. The molecule has 0 spiro atoms. The lowest BCUT2D eigenvalue weighted by molar-refractivity contribution is -0.146. The van der Waals surface area contributed by atoms with E-state index in [0.717, 1.165) is 0 Å². The molecule has 0 bridgehead atoms. The van der Waals surface area contributed by atoms with Crippen molar-refractivity contribution in [1.82, 2.24) is 10.2 Å². The highest BCUT2D eigenvalue weighted by atomic mass is 35.5. The number of hydrogen-bond acceptors (Lipinski definition) is 2. The molecule has 6 heteroatoms. The standard InChI is InChI=1S/C15H18ClFN2O2/c1-9(2)5-13-15(21)18-7-14(20)19(13)8-10-3-4-11(16)12(17)6-10/h3-4,6,9,13H,5,7-8H2,1-2H3,(H,18,21). The summed E-state index contributed by atoms with van der Waals surface area (Å²) >= 11 is 5.65. The summed E-state index contributed by atoms with van der Waals surface area (Å²) in [6.45, 7) is 4.18. The smallest absolute Gasteiger partial charge is 0.243 e. The van der Waals surface area contributed by atoms with Gasteiger partial charge in [-0.2, -0.15) is 0 Å². The van der Waals surface area contributed by atoms with Crippen LogP contribution in [-0.2, 0) is 16.1 Å². The van der Waals surface area contributed by atoms with Crippen LogP contribution in [-0.4, -0.2) is 29.3 Å². The highest BCUT2D eigenvalue weighted by Gasteiger charge is 2.34. The van der Waals surface area contributed by atoms with Crippen molar-refractivity contribution >= 4 is 23.4 Å². The van der Waals surface area contributed by atoms with Crippen molar-refractivity contribution in [1.29, 1.82) is 0 Å². The van der Waals surface area contributed by atoms with E-state index < -0.39 is 11.9 Å². The van der Waals surface area contributed by atoms with Crippen LogP contribution < -0.4 is 5.32 Å². The van der Waals surface area contributed by atoms with Gasteiger partial charge in [0, 0.05) is 6.54 Å². The minimum atomic E-state index is -0.525. The van der Waals surface area contributed by atoms with Gasteiger partial charge in [-0.15, -0.1) is 0 Å². The van der Waals surface area contributed by atoms with Gasteiger partial charge in [0.05, 0.1) is 11.6 Å². The van der Waals surface area contributed by atoms with Crippen molar-refractivity contribution in [2.75, 3.05) is 6.54 Å². The maximum atomic E-state index is 13.5. The van der Waals surface area contributed by atoms with Crippen LogP contribution in [0.5, 0.6) is 0 Å². The van der Waals surface area contributed by atoms with E-state index in [1.54, 1.807) is 6.07 Å². The SMILES string of the molecule is CC(C)CC1C(=O)NCC(=O)N1Cc1ccc(Cl)c(F)c1. The average Bonchev–Trinajstić information content (AvgIpc) is 2.41. The second-order valence-electron chi connectivity index (χ2n) is 5.63. The Balaban J connectivity index is 2.21. The van der Waals surface area contributed by atoms with Crippen molar-refractivity contribution in [3.8, 4) is 0 Å². The van der Waals surface area contributed by atoms with Crippen LogP contribution in [0, 0.1) is 11.7 Å². The Bertz CT molecular complexity index is 563. The van der Waals surface area contributed by atoms with Gasteiger partial charge in [-0.3, -0.25) is 9.59 Å². The van der Waals surface area contributed by atoms with Crippen LogP contribution in [0.15, 0.2) is 18.2 Å². The minimum Gasteiger partial charge on any atom is -0.345 e. The van der Waals surface area contributed by atoms with Gasteiger partial charge in [0.15, 0.2) is 0 Å². The number of benzene rings is 1. The first kappa shape index (κ1) is 15.8. The largest absolute Gasteiger partial charge is 0.345 e. The van der Waals surface area contributed by atoms with E-state index in [-0.39, 0.29) is 35.8 Å². The van der Waals surface area contributed by atoms with Gasteiger partial charge in [-0.1, -0.05) is 31.5 Å². The first-order chi connectivity index (χ1) is 9.88. The summed E-state index contributed by atoms with van der Waals surface area (Å²) in [4.78, 5) is 25.6. The van der Waals surface area contributed by atoms with E-state index in [1.807, 2.05) is 13.8 Å². The summed E-state index contributed by atoms with van der Waals surface area (Å²) in [7, 11) is 0. The quantitative estimate of drug-likeness (QED) is 0.928. The molecule has 1 aliphatic heterocycles. The molecule has 1 aromatic carbocycles. The number of carbonyl (C=O) groups is 2. The first-order valence-electron chi connectivity index (χ1n) is 6.89. The summed E-state index contributed by atoms with van der Waals surface area (Å²) in [5.74, 6) is -0.562. The van der Waals surface area contributed by atoms with E-state index >= 15 is 0 Å². The molecule has 0 aliphatic carbocycles. The Kier molecular flexibility index (Phi) is 4.83.